The molecule has 0 aliphatic rings. The summed E-state index contributed by atoms with van der Waals surface area (Å²) in [5.74, 6) is -0.0601. The average molecular weight is 255 g/mol. The van der Waals surface area contributed by atoms with Gasteiger partial charge in [0.25, 0.3) is 0 Å². The van der Waals surface area contributed by atoms with Gasteiger partial charge in [0.05, 0.1) is 13.2 Å². The molecule has 3 nitrogen and oxygen atoms in total. The van der Waals surface area contributed by atoms with Gasteiger partial charge in [-0.2, -0.15) is 0 Å². The van der Waals surface area contributed by atoms with Crippen molar-refractivity contribution in [3.05, 3.63) is 29.6 Å². The molecule has 0 aliphatic carbocycles. The number of halogens is 1. The summed E-state index contributed by atoms with van der Waals surface area (Å²) in [7, 11) is 1.46. The van der Waals surface area contributed by atoms with Crippen LogP contribution in [-0.4, -0.2) is 26.4 Å². The molecule has 0 aliphatic heterocycles. The van der Waals surface area contributed by atoms with E-state index in [0.717, 1.165) is 12.1 Å². The lowest BCUT2D eigenvalue weighted by Crippen LogP contribution is -2.29. The molecule has 0 radical (unpaired) electrons. The number of methoxy groups -OCH3 is 1. The zero-order valence-corrected chi connectivity index (χ0v) is 11.5. The molecule has 102 valence electrons. The van der Waals surface area contributed by atoms with Gasteiger partial charge in [-0.25, -0.2) is 4.39 Å². The van der Waals surface area contributed by atoms with E-state index in [2.05, 4.69) is 5.32 Å². The third-order valence-corrected chi connectivity index (χ3v) is 2.84. The van der Waals surface area contributed by atoms with Gasteiger partial charge in [0, 0.05) is 19.2 Å². The third kappa shape index (κ3) is 4.27. The molecule has 0 spiro atoms. The molecule has 2 atom stereocenters. The summed E-state index contributed by atoms with van der Waals surface area (Å²) < 4.78 is 23.9. The Hall–Kier alpha value is -1.13. The second kappa shape index (κ2) is 7.34. The summed E-state index contributed by atoms with van der Waals surface area (Å²) in [4.78, 5) is 0. The molecule has 0 amide bonds. The Bertz CT molecular complexity index is 371. The van der Waals surface area contributed by atoms with Crippen molar-refractivity contribution in [2.24, 2.45) is 0 Å². The van der Waals surface area contributed by atoms with Gasteiger partial charge in [0.1, 0.15) is 0 Å². The van der Waals surface area contributed by atoms with E-state index in [-0.39, 0.29) is 23.7 Å². The molecule has 0 aromatic heterocycles. The van der Waals surface area contributed by atoms with Gasteiger partial charge >= 0.3 is 0 Å². The Morgan fingerprint density at radius 2 is 2.06 bits per heavy atom. The topological polar surface area (TPSA) is 30.5 Å². The van der Waals surface area contributed by atoms with Gasteiger partial charge < -0.3 is 14.8 Å². The normalized spacial score (nSPS) is 14.3. The van der Waals surface area contributed by atoms with Gasteiger partial charge in [-0.1, -0.05) is 6.07 Å². The molecule has 0 bridgehead atoms. The molecule has 1 aromatic carbocycles. The molecule has 0 saturated heterocycles. The zero-order valence-electron chi connectivity index (χ0n) is 11.5. The smallest absolute Gasteiger partial charge is 0.165 e. The van der Waals surface area contributed by atoms with Crippen molar-refractivity contribution >= 4 is 0 Å². The van der Waals surface area contributed by atoms with Crippen LogP contribution in [0.25, 0.3) is 0 Å². The molecule has 4 heteroatoms. The summed E-state index contributed by atoms with van der Waals surface area (Å²) in [6.45, 7) is 7.42. The average Bonchev–Trinajstić information content (AvgIpc) is 2.36. The number of ether oxygens (including phenoxy) is 2. The molecule has 2 unspecified atom stereocenters. The van der Waals surface area contributed by atoms with Crippen molar-refractivity contribution in [1.82, 2.24) is 5.32 Å². The highest BCUT2D eigenvalue weighted by Crippen LogP contribution is 2.21. The van der Waals surface area contributed by atoms with Gasteiger partial charge in [0.2, 0.25) is 0 Å². The Kier molecular flexibility index (Phi) is 6.09. The van der Waals surface area contributed by atoms with Crippen LogP contribution >= 0.6 is 0 Å². The quantitative estimate of drug-likeness (QED) is 0.812. The predicted octanol–water partition coefficient (Wildman–Crippen LogP) is 2.91. The van der Waals surface area contributed by atoms with Crippen molar-refractivity contribution < 1.29 is 13.9 Å². The van der Waals surface area contributed by atoms with Gasteiger partial charge in [-0.05, 0) is 38.5 Å². The van der Waals surface area contributed by atoms with Crippen LogP contribution < -0.4 is 10.1 Å². The van der Waals surface area contributed by atoms with Crippen molar-refractivity contribution in [2.45, 2.75) is 32.9 Å². The van der Waals surface area contributed by atoms with Crippen LogP contribution in [0.4, 0.5) is 4.39 Å². The Morgan fingerprint density at radius 1 is 1.33 bits per heavy atom. The van der Waals surface area contributed by atoms with Gasteiger partial charge in [-0.15, -0.1) is 0 Å². The Morgan fingerprint density at radius 3 is 2.61 bits per heavy atom. The fraction of sp³-hybridized carbons (Fsp3) is 0.571. The molecule has 0 fully saturated rings. The molecule has 18 heavy (non-hydrogen) atoms. The fourth-order valence-corrected chi connectivity index (χ4v) is 1.76. The van der Waals surface area contributed by atoms with E-state index in [4.69, 9.17) is 9.47 Å². The van der Waals surface area contributed by atoms with Crippen LogP contribution in [-0.2, 0) is 4.74 Å². The van der Waals surface area contributed by atoms with Gasteiger partial charge in [0.15, 0.2) is 11.6 Å². The predicted molar refractivity (Wildman–Crippen MR) is 70.5 cm³/mol. The van der Waals surface area contributed by atoms with Crippen LogP contribution in [0, 0.1) is 5.82 Å². The first kappa shape index (κ1) is 14.9. The van der Waals surface area contributed by atoms with Crippen molar-refractivity contribution in [3.8, 4) is 5.75 Å². The van der Waals surface area contributed by atoms with Crippen LogP contribution in [0.5, 0.6) is 5.75 Å². The summed E-state index contributed by atoms with van der Waals surface area (Å²) in [5, 5.41) is 3.32. The molecule has 1 rings (SSSR count). The van der Waals surface area contributed by atoms with Crippen molar-refractivity contribution in [3.63, 3.8) is 0 Å². The number of benzene rings is 1. The molecular formula is C14H22FNO2. The van der Waals surface area contributed by atoms with E-state index in [1.165, 1.54) is 13.2 Å². The minimum absolute atomic E-state index is 0.0771. The van der Waals surface area contributed by atoms with E-state index in [1.807, 2.05) is 26.8 Å². The van der Waals surface area contributed by atoms with E-state index in [0.29, 0.717) is 6.61 Å². The molecule has 0 saturated carbocycles. The second-order valence-corrected chi connectivity index (χ2v) is 4.29. The largest absolute Gasteiger partial charge is 0.494 e. The first-order valence-corrected chi connectivity index (χ1v) is 6.26. The number of hydrogen-bond donors (Lipinski definition) is 1. The highest BCUT2D eigenvalue weighted by molar-refractivity contribution is 5.30. The summed E-state index contributed by atoms with van der Waals surface area (Å²) >= 11 is 0. The number of nitrogens with one attached hydrogen (secondary N) is 1. The van der Waals surface area contributed by atoms with Crippen molar-refractivity contribution in [1.29, 1.82) is 0 Å². The second-order valence-electron chi connectivity index (χ2n) is 4.29. The number of hydrogen-bond acceptors (Lipinski definition) is 3. The molecule has 0 heterocycles. The van der Waals surface area contributed by atoms with Crippen LogP contribution in [0.15, 0.2) is 18.2 Å². The summed E-state index contributed by atoms with van der Waals surface area (Å²) in [6.07, 6.45) is 0.153. The summed E-state index contributed by atoms with van der Waals surface area (Å²) in [5.41, 5.74) is 0.900. The summed E-state index contributed by atoms with van der Waals surface area (Å²) in [6, 6.07) is 5.09. The lowest BCUT2D eigenvalue weighted by Gasteiger charge is -2.18. The van der Waals surface area contributed by atoms with Gasteiger partial charge in [-0.3, -0.25) is 0 Å². The zero-order chi connectivity index (χ0) is 13.5. The van der Waals surface area contributed by atoms with E-state index in [1.54, 1.807) is 6.07 Å². The van der Waals surface area contributed by atoms with E-state index < -0.39 is 0 Å². The Balaban J connectivity index is 2.56. The molecule has 1 N–H and O–H groups in total. The Labute approximate surface area is 108 Å². The lowest BCUT2D eigenvalue weighted by molar-refractivity contribution is 0.0743. The van der Waals surface area contributed by atoms with E-state index in [9.17, 15) is 4.39 Å². The lowest BCUT2D eigenvalue weighted by atomic mass is 10.1. The fourth-order valence-electron chi connectivity index (χ4n) is 1.76. The number of rotatable bonds is 7. The van der Waals surface area contributed by atoms with Crippen LogP contribution in [0.1, 0.15) is 32.4 Å². The maximum absolute atomic E-state index is 13.6. The molecular weight excluding hydrogens is 233 g/mol. The monoisotopic (exact) mass is 255 g/mol. The molecule has 1 aromatic rings. The highest BCUT2D eigenvalue weighted by Gasteiger charge is 2.10. The standard InChI is InChI=1S/C14H22FNO2/c1-5-18-10(2)9-16-11(3)12-6-7-14(17-4)13(15)8-12/h6-8,10-11,16H,5,9H2,1-4H3. The SMILES string of the molecule is CCOC(C)CNC(C)c1ccc(OC)c(F)c1. The minimum atomic E-state index is -0.332. The van der Waals surface area contributed by atoms with E-state index >= 15 is 0 Å². The van der Waals surface area contributed by atoms with Crippen LogP contribution in [0.2, 0.25) is 0 Å². The maximum atomic E-state index is 13.6. The third-order valence-electron chi connectivity index (χ3n) is 2.84. The highest BCUT2D eigenvalue weighted by atomic mass is 19.1. The van der Waals surface area contributed by atoms with Crippen molar-refractivity contribution in [2.75, 3.05) is 20.3 Å². The first-order valence-electron chi connectivity index (χ1n) is 6.26. The minimum Gasteiger partial charge on any atom is -0.494 e. The maximum Gasteiger partial charge on any atom is 0.165 e. The first-order chi connectivity index (χ1) is 8.58. The van der Waals surface area contributed by atoms with Crippen LogP contribution in [0.3, 0.4) is 0 Å².